The molecule has 0 aliphatic heterocycles. The van der Waals surface area contributed by atoms with Crippen molar-refractivity contribution in [1.82, 2.24) is 4.90 Å². The SMILES string of the molecule is CCN(CCC#N)CC1(CBr)CC1. The summed E-state index contributed by atoms with van der Waals surface area (Å²) < 4.78 is 0. The predicted molar refractivity (Wildman–Crippen MR) is 57.8 cm³/mol. The van der Waals surface area contributed by atoms with Crippen LogP contribution in [0.15, 0.2) is 0 Å². The first kappa shape index (κ1) is 11.0. The first-order valence-electron chi connectivity index (χ1n) is 4.91. The molecule has 0 heterocycles. The van der Waals surface area contributed by atoms with Crippen molar-refractivity contribution in [2.24, 2.45) is 5.41 Å². The minimum atomic E-state index is 0.547. The highest BCUT2D eigenvalue weighted by atomic mass is 79.9. The maximum absolute atomic E-state index is 8.50. The van der Waals surface area contributed by atoms with Crippen LogP contribution >= 0.6 is 15.9 Å². The van der Waals surface area contributed by atoms with Gasteiger partial charge in [-0.2, -0.15) is 5.26 Å². The lowest BCUT2D eigenvalue weighted by atomic mass is 10.1. The van der Waals surface area contributed by atoms with E-state index in [1.54, 1.807) is 0 Å². The van der Waals surface area contributed by atoms with Gasteiger partial charge in [0.25, 0.3) is 0 Å². The predicted octanol–water partition coefficient (Wildman–Crippen LogP) is 2.40. The molecule has 1 rings (SSSR count). The minimum Gasteiger partial charge on any atom is -0.302 e. The summed E-state index contributed by atoms with van der Waals surface area (Å²) in [5.41, 5.74) is 0.547. The van der Waals surface area contributed by atoms with Gasteiger partial charge < -0.3 is 4.90 Å². The molecule has 13 heavy (non-hydrogen) atoms. The number of halogens is 1. The van der Waals surface area contributed by atoms with Gasteiger partial charge >= 0.3 is 0 Å². The average molecular weight is 245 g/mol. The van der Waals surface area contributed by atoms with Crippen molar-refractivity contribution < 1.29 is 0 Å². The van der Waals surface area contributed by atoms with Crippen molar-refractivity contribution in [3.8, 4) is 6.07 Å². The van der Waals surface area contributed by atoms with Crippen LogP contribution in [0.5, 0.6) is 0 Å². The Balaban J connectivity index is 2.27. The number of hydrogen-bond acceptors (Lipinski definition) is 2. The summed E-state index contributed by atoms with van der Waals surface area (Å²) in [6.07, 6.45) is 3.36. The van der Waals surface area contributed by atoms with Crippen molar-refractivity contribution >= 4 is 15.9 Å². The molecule has 0 N–H and O–H groups in total. The molecule has 2 nitrogen and oxygen atoms in total. The summed E-state index contributed by atoms with van der Waals surface area (Å²) in [6, 6.07) is 2.20. The van der Waals surface area contributed by atoms with Crippen molar-refractivity contribution in [2.75, 3.05) is 25.0 Å². The van der Waals surface area contributed by atoms with E-state index in [9.17, 15) is 0 Å². The summed E-state index contributed by atoms with van der Waals surface area (Å²) in [5.74, 6) is 0. The molecule has 1 fully saturated rings. The number of nitriles is 1. The van der Waals surface area contributed by atoms with E-state index in [1.807, 2.05) is 0 Å². The molecule has 0 radical (unpaired) electrons. The largest absolute Gasteiger partial charge is 0.302 e. The molecule has 0 spiro atoms. The van der Waals surface area contributed by atoms with Gasteiger partial charge in [0.15, 0.2) is 0 Å². The fourth-order valence-corrected chi connectivity index (χ4v) is 2.28. The molecule has 0 aromatic heterocycles. The third-order valence-corrected chi connectivity index (χ3v) is 3.98. The smallest absolute Gasteiger partial charge is 0.0635 e. The first-order chi connectivity index (χ1) is 6.26. The molecule has 0 unspecified atom stereocenters. The Hall–Kier alpha value is -0.0700. The molecule has 0 aromatic carbocycles. The van der Waals surface area contributed by atoms with Crippen LogP contribution in [0.1, 0.15) is 26.2 Å². The molecule has 3 heteroatoms. The fraction of sp³-hybridized carbons (Fsp3) is 0.900. The Labute approximate surface area is 89.0 Å². The van der Waals surface area contributed by atoms with Gasteiger partial charge in [-0.25, -0.2) is 0 Å². The quantitative estimate of drug-likeness (QED) is 0.672. The normalized spacial score (nSPS) is 18.6. The van der Waals surface area contributed by atoms with Crippen LogP contribution in [0.4, 0.5) is 0 Å². The van der Waals surface area contributed by atoms with E-state index >= 15 is 0 Å². The topological polar surface area (TPSA) is 27.0 Å². The van der Waals surface area contributed by atoms with E-state index in [0.29, 0.717) is 11.8 Å². The Morgan fingerprint density at radius 3 is 2.62 bits per heavy atom. The van der Waals surface area contributed by atoms with Crippen LogP contribution in [-0.4, -0.2) is 29.9 Å². The third kappa shape index (κ3) is 3.28. The lowest BCUT2D eigenvalue weighted by Crippen LogP contribution is -2.31. The Bertz CT molecular complexity index is 194. The van der Waals surface area contributed by atoms with Crippen molar-refractivity contribution in [3.05, 3.63) is 0 Å². The molecule has 0 saturated heterocycles. The molecular formula is C10H17BrN2. The van der Waals surface area contributed by atoms with E-state index < -0.39 is 0 Å². The van der Waals surface area contributed by atoms with Gasteiger partial charge in [0.2, 0.25) is 0 Å². The van der Waals surface area contributed by atoms with E-state index in [-0.39, 0.29) is 0 Å². The van der Waals surface area contributed by atoms with Crippen molar-refractivity contribution in [1.29, 1.82) is 5.26 Å². The second-order valence-electron chi connectivity index (χ2n) is 3.91. The molecule has 74 valence electrons. The molecular weight excluding hydrogens is 228 g/mol. The second-order valence-corrected chi connectivity index (χ2v) is 4.47. The summed E-state index contributed by atoms with van der Waals surface area (Å²) >= 11 is 3.57. The van der Waals surface area contributed by atoms with Gasteiger partial charge in [0.05, 0.1) is 6.07 Å². The molecule has 0 atom stereocenters. The number of nitrogens with zero attached hydrogens (tertiary/aromatic N) is 2. The van der Waals surface area contributed by atoms with Crippen molar-refractivity contribution in [3.63, 3.8) is 0 Å². The Morgan fingerprint density at radius 2 is 2.23 bits per heavy atom. The van der Waals surface area contributed by atoms with Crippen LogP contribution in [0, 0.1) is 16.7 Å². The van der Waals surface area contributed by atoms with Gasteiger partial charge in [-0.15, -0.1) is 0 Å². The fourth-order valence-electron chi connectivity index (χ4n) is 1.54. The van der Waals surface area contributed by atoms with E-state index in [4.69, 9.17) is 5.26 Å². The third-order valence-electron chi connectivity index (χ3n) is 2.79. The molecule has 0 amide bonds. The minimum absolute atomic E-state index is 0.547. The molecule has 0 aromatic rings. The Kier molecular flexibility index (Phi) is 4.21. The van der Waals surface area contributed by atoms with Gasteiger partial charge in [0.1, 0.15) is 0 Å². The number of rotatable bonds is 6. The first-order valence-corrected chi connectivity index (χ1v) is 6.04. The molecule has 1 saturated carbocycles. The van der Waals surface area contributed by atoms with Gasteiger partial charge in [-0.1, -0.05) is 22.9 Å². The maximum atomic E-state index is 8.50. The monoisotopic (exact) mass is 244 g/mol. The summed E-state index contributed by atoms with van der Waals surface area (Å²) in [7, 11) is 0. The average Bonchev–Trinajstić information content (AvgIpc) is 2.93. The highest BCUT2D eigenvalue weighted by Crippen LogP contribution is 2.47. The van der Waals surface area contributed by atoms with Gasteiger partial charge in [-0.05, 0) is 24.8 Å². The molecule has 0 bridgehead atoms. The second kappa shape index (κ2) is 4.97. The summed E-state index contributed by atoms with van der Waals surface area (Å²) in [5, 5.41) is 9.61. The van der Waals surface area contributed by atoms with Crippen LogP contribution in [-0.2, 0) is 0 Å². The number of hydrogen-bond donors (Lipinski definition) is 0. The van der Waals surface area contributed by atoms with E-state index in [1.165, 1.54) is 12.8 Å². The van der Waals surface area contributed by atoms with Gasteiger partial charge in [-0.3, -0.25) is 0 Å². The summed E-state index contributed by atoms with van der Waals surface area (Å²) in [6.45, 7) is 5.33. The highest BCUT2D eigenvalue weighted by molar-refractivity contribution is 9.09. The van der Waals surface area contributed by atoms with Crippen LogP contribution in [0.2, 0.25) is 0 Å². The zero-order chi connectivity index (χ0) is 9.73. The zero-order valence-electron chi connectivity index (χ0n) is 8.22. The van der Waals surface area contributed by atoms with Crippen LogP contribution in [0.3, 0.4) is 0 Å². The van der Waals surface area contributed by atoms with Crippen LogP contribution < -0.4 is 0 Å². The lowest BCUT2D eigenvalue weighted by molar-refractivity contribution is 0.246. The van der Waals surface area contributed by atoms with E-state index in [2.05, 4.69) is 33.8 Å². The van der Waals surface area contributed by atoms with Crippen LogP contribution in [0.25, 0.3) is 0 Å². The number of alkyl halides is 1. The Morgan fingerprint density at radius 1 is 1.54 bits per heavy atom. The van der Waals surface area contributed by atoms with E-state index in [0.717, 1.165) is 25.0 Å². The molecule has 1 aliphatic rings. The molecule has 1 aliphatic carbocycles. The summed E-state index contributed by atoms with van der Waals surface area (Å²) in [4.78, 5) is 2.39. The van der Waals surface area contributed by atoms with Crippen molar-refractivity contribution in [2.45, 2.75) is 26.2 Å². The maximum Gasteiger partial charge on any atom is 0.0635 e. The standard InChI is InChI=1S/C10H17BrN2/c1-2-13(7-3-6-12)9-10(8-11)4-5-10/h2-5,7-9H2,1H3. The lowest BCUT2D eigenvalue weighted by Gasteiger charge is -2.24. The zero-order valence-corrected chi connectivity index (χ0v) is 9.81. The highest BCUT2D eigenvalue weighted by Gasteiger charge is 2.42. The van der Waals surface area contributed by atoms with Gasteiger partial charge in [0, 0.05) is 24.8 Å².